The maximum absolute atomic E-state index is 9.71. The molecule has 0 saturated carbocycles. The first-order valence-electron chi connectivity index (χ1n) is 7.74. The van der Waals surface area contributed by atoms with Crippen LogP contribution in [-0.4, -0.2) is 31.9 Å². The standard InChI is InChI=1S/C18H23NO3/c1-21-14-4-5-15-13(11-14)7-8-19-16(15)9-12-3-6-17(20)18(10-12)22-2/h3-4,6,10,16,19-20H,5,7-9,11H2,1-2H3/t16-/m0/s1. The molecular weight excluding hydrogens is 278 g/mol. The largest absolute Gasteiger partial charge is 0.504 e. The van der Waals surface area contributed by atoms with Gasteiger partial charge in [-0.25, -0.2) is 0 Å². The van der Waals surface area contributed by atoms with Crippen LogP contribution in [0.3, 0.4) is 0 Å². The summed E-state index contributed by atoms with van der Waals surface area (Å²) in [6.07, 6.45) is 6.11. The second kappa shape index (κ2) is 6.44. The molecule has 4 nitrogen and oxygen atoms in total. The van der Waals surface area contributed by atoms with E-state index in [9.17, 15) is 5.11 Å². The summed E-state index contributed by atoms with van der Waals surface area (Å²) in [7, 11) is 3.33. The number of aromatic hydroxyl groups is 1. The average molecular weight is 301 g/mol. The number of phenolic OH excluding ortho intramolecular Hbond substituents is 1. The predicted octanol–water partition coefficient (Wildman–Crippen LogP) is 2.93. The zero-order chi connectivity index (χ0) is 15.5. The number of benzene rings is 1. The number of allylic oxidation sites excluding steroid dienone is 2. The highest BCUT2D eigenvalue weighted by Gasteiger charge is 2.25. The number of phenols is 1. The van der Waals surface area contributed by atoms with Gasteiger partial charge in [-0.15, -0.1) is 0 Å². The molecule has 1 aliphatic carbocycles. The molecule has 118 valence electrons. The summed E-state index contributed by atoms with van der Waals surface area (Å²) in [5, 5.41) is 13.3. The molecule has 0 saturated heterocycles. The van der Waals surface area contributed by atoms with Crippen LogP contribution in [0.5, 0.6) is 11.5 Å². The van der Waals surface area contributed by atoms with E-state index >= 15 is 0 Å². The number of ether oxygens (including phenoxy) is 2. The Morgan fingerprint density at radius 1 is 1.27 bits per heavy atom. The van der Waals surface area contributed by atoms with Crippen molar-refractivity contribution in [1.82, 2.24) is 5.32 Å². The minimum atomic E-state index is 0.188. The minimum absolute atomic E-state index is 0.188. The molecule has 0 amide bonds. The van der Waals surface area contributed by atoms with Crippen LogP contribution in [0.1, 0.15) is 24.8 Å². The molecule has 4 heteroatoms. The second-order valence-corrected chi connectivity index (χ2v) is 5.85. The fraction of sp³-hybridized carbons (Fsp3) is 0.444. The third kappa shape index (κ3) is 2.97. The molecule has 1 aliphatic heterocycles. The quantitative estimate of drug-likeness (QED) is 0.840. The number of rotatable bonds is 4. The second-order valence-electron chi connectivity index (χ2n) is 5.85. The Kier molecular flexibility index (Phi) is 4.39. The van der Waals surface area contributed by atoms with Crippen molar-refractivity contribution in [2.75, 3.05) is 20.8 Å². The molecule has 0 fully saturated rings. The molecule has 1 atom stereocenters. The fourth-order valence-electron chi connectivity index (χ4n) is 3.36. The van der Waals surface area contributed by atoms with E-state index in [1.165, 1.54) is 16.7 Å². The van der Waals surface area contributed by atoms with E-state index in [2.05, 4.69) is 11.4 Å². The van der Waals surface area contributed by atoms with Crippen LogP contribution in [0.15, 0.2) is 41.2 Å². The van der Waals surface area contributed by atoms with E-state index in [0.717, 1.165) is 38.0 Å². The molecule has 0 unspecified atom stereocenters. The van der Waals surface area contributed by atoms with Crippen molar-refractivity contribution in [1.29, 1.82) is 0 Å². The maximum Gasteiger partial charge on any atom is 0.160 e. The Balaban J connectivity index is 1.78. The Labute approximate surface area is 131 Å². The summed E-state index contributed by atoms with van der Waals surface area (Å²) >= 11 is 0. The lowest BCUT2D eigenvalue weighted by Crippen LogP contribution is -2.39. The molecule has 2 N–H and O–H groups in total. The Bertz CT molecular complexity index is 619. The Hall–Kier alpha value is -1.94. The number of methoxy groups -OCH3 is 2. The van der Waals surface area contributed by atoms with Crippen LogP contribution in [0.2, 0.25) is 0 Å². The number of hydrogen-bond acceptors (Lipinski definition) is 4. The zero-order valence-corrected chi connectivity index (χ0v) is 13.2. The molecule has 1 aromatic carbocycles. The highest BCUT2D eigenvalue weighted by Crippen LogP contribution is 2.33. The third-order valence-corrected chi connectivity index (χ3v) is 4.58. The van der Waals surface area contributed by atoms with E-state index in [0.29, 0.717) is 11.8 Å². The van der Waals surface area contributed by atoms with Crippen molar-refractivity contribution in [3.63, 3.8) is 0 Å². The lowest BCUT2D eigenvalue weighted by atomic mass is 9.83. The molecule has 2 aliphatic rings. The molecule has 3 rings (SSSR count). The van der Waals surface area contributed by atoms with Gasteiger partial charge in [0, 0.05) is 12.5 Å². The normalized spacial score (nSPS) is 21.2. The van der Waals surface area contributed by atoms with E-state index < -0.39 is 0 Å². The molecule has 0 radical (unpaired) electrons. The molecule has 0 aromatic heterocycles. The van der Waals surface area contributed by atoms with Gasteiger partial charge in [0.25, 0.3) is 0 Å². The van der Waals surface area contributed by atoms with E-state index in [4.69, 9.17) is 9.47 Å². The first kappa shape index (κ1) is 15.0. The maximum atomic E-state index is 9.71. The molecule has 1 heterocycles. The van der Waals surface area contributed by atoms with Gasteiger partial charge in [0.05, 0.1) is 20.0 Å². The van der Waals surface area contributed by atoms with Gasteiger partial charge in [-0.1, -0.05) is 11.6 Å². The van der Waals surface area contributed by atoms with Gasteiger partial charge in [-0.05, 0) is 55.2 Å². The van der Waals surface area contributed by atoms with Crippen molar-refractivity contribution in [2.45, 2.75) is 31.7 Å². The van der Waals surface area contributed by atoms with Gasteiger partial charge < -0.3 is 19.9 Å². The monoisotopic (exact) mass is 301 g/mol. The van der Waals surface area contributed by atoms with E-state index in [1.807, 2.05) is 12.1 Å². The summed E-state index contributed by atoms with van der Waals surface area (Å²) in [6.45, 7) is 1.01. The Morgan fingerprint density at radius 3 is 2.91 bits per heavy atom. The SMILES string of the molecule is COC1=CCC2=C(CCN[C@H]2Cc2ccc(O)c(OC)c2)C1. The summed E-state index contributed by atoms with van der Waals surface area (Å²) < 4.78 is 10.6. The van der Waals surface area contributed by atoms with Crippen molar-refractivity contribution in [2.24, 2.45) is 0 Å². The van der Waals surface area contributed by atoms with Crippen LogP contribution in [0.25, 0.3) is 0 Å². The van der Waals surface area contributed by atoms with Gasteiger partial charge >= 0.3 is 0 Å². The highest BCUT2D eigenvalue weighted by molar-refractivity contribution is 5.43. The number of nitrogens with one attached hydrogen (secondary N) is 1. The predicted molar refractivity (Wildman–Crippen MR) is 86.1 cm³/mol. The van der Waals surface area contributed by atoms with Crippen LogP contribution < -0.4 is 10.1 Å². The summed E-state index contributed by atoms with van der Waals surface area (Å²) in [5.41, 5.74) is 4.19. The smallest absolute Gasteiger partial charge is 0.160 e. The van der Waals surface area contributed by atoms with Crippen molar-refractivity contribution < 1.29 is 14.6 Å². The lowest BCUT2D eigenvalue weighted by Gasteiger charge is -2.32. The number of hydrogen-bond donors (Lipinski definition) is 2. The van der Waals surface area contributed by atoms with Crippen LogP contribution in [0.4, 0.5) is 0 Å². The molecule has 1 aromatic rings. The molecule has 0 spiro atoms. The van der Waals surface area contributed by atoms with Crippen LogP contribution >= 0.6 is 0 Å². The molecule has 0 bridgehead atoms. The van der Waals surface area contributed by atoms with Crippen molar-refractivity contribution in [3.05, 3.63) is 46.7 Å². The van der Waals surface area contributed by atoms with Crippen molar-refractivity contribution in [3.8, 4) is 11.5 Å². The highest BCUT2D eigenvalue weighted by atomic mass is 16.5. The average Bonchev–Trinajstić information content (AvgIpc) is 2.56. The van der Waals surface area contributed by atoms with E-state index in [1.54, 1.807) is 20.3 Å². The van der Waals surface area contributed by atoms with Gasteiger partial charge in [0.1, 0.15) is 0 Å². The molecule has 22 heavy (non-hydrogen) atoms. The van der Waals surface area contributed by atoms with Gasteiger partial charge in [0.2, 0.25) is 0 Å². The lowest BCUT2D eigenvalue weighted by molar-refractivity contribution is 0.276. The Morgan fingerprint density at radius 2 is 2.14 bits per heavy atom. The van der Waals surface area contributed by atoms with Gasteiger partial charge in [0.15, 0.2) is 11.5 Å². The summed E-state index contributed by atoms with van der Waals surface area (Å²) in [4.78, 5) is 0. The topological polar surface area (TPSA) is 50.7 Å². The van der Waals surface area contributed by atoms with Crippen LogP contribution in [-0.2, 0) is 11.2 Å². The minimum Gasteiger partial charge on any atom is -0.504 e. The first-order valence-corrected chi connectivity index (χ1v) is 7.74. The summed E-state index contributed by atoms with van der Waals surface area (Å²) in [5.74, 6) is 1.81. The van der Waals surface area contributed by atoms with Crippen molar-refractivity contribution >= 4 is 0 Å². The fourth-order valence-corrected chi connectivity index (χ4v) is 3.36. The van der Waals surface area contributed by atoms with Crippen LogP contribution in [0, 0.1) is 0 Å². The summed E-state index contributed by atoms with van der Waals surface area (Å²) in [6, 6.07) is 5.95. The first-order chi connectivity index (χ1) is 10.7. The van der Waals surface area contributed by atoms with E-state index in [-0.39, 0.29) is 5.75 Å². The molecular formula is C18H23NO3. The third-order valence-electron chi connectivity index (χ3n) is 4.58. The van der Waals surface area contributed by atoms with Gasteiger partial charge in [-0.2, -0.15) is 0 Å². The zero-order valence-electron chi connectivity index (χ0n) is 13.2. The van der Waals surface area contributed by atoms with Gasteiger partial charge in [-0.3, -0.25) is 0 Å².